The van der Waals surface area contributed by atoms with Crippen LogP contribution in [0.3, 0.4) is 0 Å². The van der Waals surface area contributed by atoms with Crippen molar-refractivity contribution in [3.05, 3.63) is 28.5 Å². The molecule has 1 heterocycles. The van der Waals surface area contributed by atoms with Crippen molar-refractivity contribution in [2.45, 2.75) is 0 Å². The number of rotatable bonds is 3. The Hall–Kier alpha value is -1.79. The van der Waals surface area contributed by atoms with E-state index in [0.717, 1.165) is 0 Å². The van der Waals surface area contributed by atoms with Crippen LogP contribution in [-0.2, 0) is 0 Å². The summed E-state index contributed by atoms with van der Waals surface area (Å²) in [5, 5.41) is 3.45. The average Bonchev–Trinajstić information content (AvgIpc) is 2.30. The lowest BCUT2D eigenvalue weighted by molar-refractivity contribution is 0.415. The Morgan fingerprint density at radius 2 is 2.00 bits per heavy atom. The summed E-state index contributed by atoms with van der Waals surface area (Å²) >= 11 is 11.6. The first-order valence-corrected chi connectivity index (χ1v) is 5.61. The minimum atomic E-state index is 0.0194. The topological polar surface area (TPSA) is 86.0 Å². The molecule has 0 aliphatic heterocycles. The number of halogens is 2. The number of aromatic nitrogens is 3. The van der Waals surface area contributed by atoms with Crippen molar-refractivity contribution in [3.63, 3.8) is 0 Å². The molecular weight excluding hydrogens is 277 g/mol. The van der Waals surface area contributed by atoms with Crippen LogP contribution in [0.5, 0.6) is 5.75 Å². The lowest BCUT2D eigenvalue weighted by atomic mass is 10.3. The highest BCUT2D eigenvalue weighted by Crippen LogP contribution is 2.28. The molecule has 2 rings (SSSR count). The summed E-state index contributed by atoms with van der Waals surface area (Å²) in [6, 6.07) is 5.14. The molecule has 0 radical (unpaired) electrons. The van der Waals surface area contributed by atoms with Crippen molar-refractivity contribution in [1.82, 2.24) is 15.0 Å². The van der Waals surface area contributed by atoms with E-state index >= 15 is 0 Å². The molecule has 2 aromatic rings. The molecule has 0 atom stereocenters. The van der Waals surface area contributed by atoms with Crippen LogP contribution in [-0.4, -0.2) is 22.1 Å². The number of nitrogens with zero attached hydrogens (tertiary/aromatic N) is 3. The van der Waals surface area contributed by atoms with Crippen LogP contribution in [0.1, 0.15) is 0 Å². The summed E-state index contributed by atoms with van der Waals surface area (Å²) in [5.74, 6) is 0.824. The molecule has 1 aromatic carbocycles. The van der Waals surface area contributed by atoms with E-state index < -0.39 is 0 Å². The van der Waals surface area contributed by atoms with Crippen LogP contribution < -0.4 is 15.8 Å². The van der Waals surface area contributed by atoms with E-state index in [2.05, 4.69) is 20.3 Å². The molecule has 8 heteroatoms. The molecule has 0 saturated carbocycles. The van der Waals surface area contributed by atoms with Crippen LogP contribution in [0.4, 0.5) is 17.6 Å². The van der Waals surface area contributed by atoms with Gasteiger partial charge in [-0.25, -0.2) is 0 Å². The van der Waals surface area contributed by atoms with E-state index in [1.165, 1.54) is 7.11 Å². The SMILES string of the molecule is COc1cc(Nc2nc(N)nc(Cl)n2)ccc1Cl. The number of nitrogens with one attached hydrogen (secondary N) is 1. The maximum absolute atomic E-state index is 5.91. The number of anilines is 3. The number of nitrogen functional groups attached to an aromatic ring is 1. The molecule has 0 aliphatic carbocycles. The fourth-order valence-corrected chi connectivity index (χ4v) is 1.65. The fraction of sp³-hybridized carbons (Fsp3) is 0.100. The van der Waals surface area contributed by atoms with Crippen molar-refractivity contribution in [2.24, 2.45) is 0 Å². The maximum Gasteiger partial charge on any atom is 0.233 e. The first kappa shape index (κ1) is 12.7. The quantitative estimate of drug-likeness (QED) is 0.901. The molecule has 0 bridgehead atoms. The van der Waals surface area contributed by atoms with Gasteiger partial charge in [0.15, 0.2) is 0 Å². The van der Waals surface area contributed by atoms with Gasteiger partial charge in [0.05, 0.1) is 12.1 Å². The van der Waals surface area contributed by atoms with Gasteiger partial charge in [-0.2, -0.15) is 15.0 Å². The van der Waals surface area contributed by atoms with Gasteiger partial charge in [-0.3, -0.25) is 0 Å². The molecule has 18 heavy (non-hydrogen) atoms. The second-order valence-corrected chi connectivity index (χ2v) is 4.01. The Labute approximate surface area is 113 Å². The Kier molecular flexibility index (Phi) is 3.69. The molecule has 1 aromatic heterocycles. The van der Waals surface area contributed by atoms with Gasteiger partial charge in [-0.15, -0.1) is 0 Å². The Bertz CT molecular complexity index is 558. The third-order valence-electron chi connectivity index (χ3n) is 2.03. The largest absolute Gasteiger partial charge is 0.495 e. The lowest BCUT2D eigenvalue weighted by Crippen LogP contribution is -2.03. The van der Waals surface area contributed by atoms with Gasteiger partial charge in [-0.1, -0.05) is 11.6 Å². The molecule has 3 N–H and O–H groups in total. The van der Waals surface area contributed by atoms with Gasteiger partial charge in [-0.05, 0) is 23.7 Å². The first-order chi connectivity index (χ1) is 8.58. The van der Waals surface area contributed by atoms with Crippen molar-refractivity contribution in [3.8, 4) is 5.75 Å². The van der Waals surface area contributed by atoms with Crippen molar-refractivity contribution in [1.29, 1.82) is 0 Å². The summed E-state index contributed by atoms with van der Waals surface area (Å²) in [6.07, 6.45) is 0. The Balaban J connectivity index is 2.28. The highest BCUT2D eigenvalue weighted by atomic mass is 35.5. The van der Waals surface area contributed by atoms with E-state index in [1.54, 1.807) is 18.2 Å². The zero-order chi connectivity index (χ0) is 13.1. The summed E-state index contributed by atoms with van der Waals surface area (Å²) in [6.45, 7) is 0. The zero-order valence-electron chi connectivity index (χ0n) is 9.32. The highest BCUT2D eigenvalue weighted by Gasteiger charge is 2.05. The monoisotopic (exact) mass is 285 g/mol. The van der Waals surface area contributed by atoms with Gasteiger partial charge >= 0.3 is 0 Å². The molecule has 0 fully saturated rings. The summed E-state index contributed by atoms with van der Waals surface area (Å²) in [4.78, 5) is 11.4. The van der Waals surface area contributed by atoms with Gasteiger partial charge in [0.1, 0.15) is 5.75 Å². The van der Waals surface area contributed by atoms with Crippen LogP contribution in [0, 0.1) is 0 Å². The number of benzene rings is 1. The minimum absolute atomic E-state index is 0.0194. The normalized spacial score (nSPS) is 10.2. The first-order valence-electron chi connectivity index (χ1n) is 4.86. The molecule has 0 amide bonds. The molecule has 0 aliphatic rings. The Morgan fingerprint density at radius 1 is 1.22 bits per heavy atom. The van der Waals surface area contributed by atoms with Crippen molar-refractivity contribution >= 4 is 40.8 Å². The maximum atomic E-state index is 5.91. The molecular formula is C10H9Cl2N5O. The lowest BCUT2D eigenvalue weighted by Gasteiger charge is -2.08. The number of ether oxygens (including phenoxy) is 1. The molecule has 6 nitrogen and oxygen atoms in total. The number of hydrogen-bond donors (Lipinski definition) is 2. The fourth-order valence-electron chi connectivity index (χ4n) is 1.29. The third-order valence-corrected chi connectivity index (χ3v) is 2.51. The van der Waals surface area contributed by atoms with Crippen LogP contribution >= 0.6 is 23.2 Å². The molecule has 94 valence electrons. The zero-order valence-corrected chi connectivity index (χ0v) is 10.8. The highest BCUT2D eigenvalue weighted by molar-refractivity contribution is 6.32. The summed E-state index contributed by atoms with van der Waals surface area (Å²) < 4.78 is 5.09. The van der Waals surface area contributed by atoms with Gasteiger partial charge < -0.3 is 15.8 Å². The molecule has 0 spiro atoms. The minimum Gasteiger partial charge on any atom is -0.495 e. The van der Waals surface area contributed by atoms with Crippen LogP contribution in [0.2, 0.25) is 10.3 Å². The van der Waals surface area contributed by atoms with Crippen molar-refractivity contribution < 1.29 is 4.74 Å². The number of nitrogens with two attached hydrogens (primary N) is 1. The standard InChI is InChI=1S/C10H9Cl2N5O/c1-18-7-4-5(2-3-6(7)11)14-10-16-8(12)15-9(13)17-10/h2-4H,1H3,(H3,13,14,15,16,17). The van der Waals surface area contributed by atoms with Crippen LogP contribution in [0.25, 0.3) is 0 Å². The van der Waals surface area contributed by atoms with E-state index in [-0.39, 0.29) is 17.2 Å². The predicted molar refractivity (Wildman–Crippen MR) is 70.5 cm³/mol. The Morgan fingerprint density at radius 3 is 2.67 bits per heavy atom. The number of methoxy groups -OCH3 is 1. The smallest absolute Gasteiger partial charge is 0.233 e. The van der Waals surface area contributed by atoms with E-state index in [0.29, 0.717) is 16.5 Å². The predicted octanol–water partition coefficient (Wildman–Crippen LogP) is 2.51. The van der Waals surface area contributed by atoms with E-state index in [4.69, 9.17) is 33.7 Å². The van der Waals surface area contributed by atoms with Gasteiger partial charge in [0.25, 0.3) is 0 Å². The van der Waals surface area contributed by atoms with Crippen LogP contribution in [0.15, 0.2) is 18.2 Å². The third kappa shape index (κ3) is 2.91. The molecule has 0 unspecified atom stereocenters. The van der Waals surface area contributed by atoms with E-state index in [9.17, 15) is 0 Å². The van der Waals surface area contributed by atoms with Gasteiger partial charge in [0.2, 0.25) is 17.2 Å². The molecule has 0 saturated heterocycles. The summed E-state index contributed by atoms with van der Waals surface area (Å²) in [7, 11) is 1.53. The number of hydrogen-bond acceptors (Lipinski definition) is 6. The second kappa shape index (κ2) is 5.24. The average molecular weight is 286 g/mol. The van der Waals surface area contributed by atoms with Gasteiger partial charge in [0, 0.05) is 11.8 Å². The van der Waals surface area contributed by atoms with Crippen molar-refractivity contribution in [2.75, 3.05) is 18.2 Å². The summed E-state index contributed by atoms with van der Waals surface area (Å²) in [5.41, 5.74) is 6.15. The second-order valence-electron chi connectivity index (χ2n) is 3.26. The van der Waals surface area contributed by atoms with E-state index in [1.807, 2.05) is 0 Å².